The zero-order valence-electron chi connectivity index (χ0n) is 10.3. The number of carbonyl (C=O) groups excluding carboxylic acids is 1. The third kappa shape index (κ3) is 2.70. The van der Waals surface area contributed by atoms with Gasteiger partial charge in [0.15, 0.2) is 5.69 Å². The van der Waals surface area contributed by atoms with E-state index >= 15 is 0 Å². The minimum atomic E-state index is -0.344. The molecular weight excluding hydrogens is 198 g/mol. The molecule has 0 aliphatic heterocycles. The highest BCUT2D eigenvalue weighted by atomic mass is 16.1. The summed E-state index contributed by atoms with van der Waals surface area (Å²) >= 11 is 0. The molecule has 2 nitrogen and oxygen atoms in total. The molecule has 1 aromatic rings. The van der Waals surface area contributed by atoms with Crippen LogP contribution in [0.4, 0.5) is 5.69 Å². The van der Waals surface area contributed by atoms with E-state index in [0.717, 1.165) is 11.1 Å². The van der Waals surface area contributed by atoms with Crippen molar-refractivity contribution in [3.8, 4) is 0 Å². The van der Waals surface area contributed by atoms with Gasteiger partial charge in [-0.05, 0) is 18.1 Å². The normalized spacial score (nSPS) is 10.9. The molecule has 0 saturated heterocycles. The molecule has 2 heteroatoms. The van der Waals surface area contributed by atoms with E-state index < -0.39 is 0 Å². The number of rotatable bonds is 2. The average molecular weight is 215 g/mol. The maximum Gasteiger partial charge on any atom is 0.193 e. The Labute approximate surface area is 97.1 Å². The summed E-state index contributed by atoms with van der Waals surface area (Å²) in [5.74, 6) is 0.169. The molecule has 0 N–H and O–H groups in total. The number of ketones is 1. The van der Waals surface area contributed by atoms with Gasteiger partial charge in [-0.3, -0.25) is 4.79 Å². The van der Waals surface area contributed by atoms with E-state index in [1.807, 2.05) is 45.9 Å². The molecule has 0 atom stereocenters. The summed E-state index contributed by atoms with van der Waals surface area (Å²) in [4.78, 5) is 15.4. The van der Waals surface area contributed by atoms with E-state index in [4.69, 9.17) is 6.57 Å². The van der Waals surface area contributed by atoms with Crippen molar-refractivity contribution in [2.75, 3.05) is 0 Å². The Morgan fingerprint density at radius 3 is 2.50 bits per heavy atom. The van der Waals surface area contributed by atoms with E-state index in [1.165, 1.54) is 0 Å². The molecule has 0 radical (unpaired) electrons. The average Bonchev–Trinajstić information content (AvgIpc) is 2.16. The number of aryl methyl sites for hydroxylation is 1. The molecule has 0 aromatic heterocycles. The van der Waals surface area contributed by atoms with Gasteiger partial charge in [0.2, 0.25) is 0 Å². The molecule has 16 heavy (non-hydrogen) atoms. The fraction of sp³-hybridized carbons (Fsp3) is 0.429. The molecule has 0 saturated carbocycles. The quantitative estimate of drug-likeness (QED) is 0.689. The van der Waals surface area contributed by atoms with Gasteiger partial charge in [0.05, 0.1) is 6.57 Å². The Kier molecular flexibility index (Phi) is 3.49. The monoisotopic (exact) mass is 215 g/mol. The number of para-hydroxylation sites is 1. The molecule has 0 bridgehead atoms. The molecule has 0 aliphatic rings. The Morgan fingerprint density at radius 2 is 2.00 bits per heavy atom. The first-order valence-electron chi connectivity index (χ1n) is 5.35. The van der Waals surface area contributed by atoms with Crippen molar-refractivity contribution in [1.82, 2.24) is 0 Å². The van der Waals surface area contributed by atoms with E-state index in [9.17, 15) is 4.79 Å². The second kappa shape index (κ2) is 4.49. The molecule has 0 unspecified atom stereocenters. The van der Waals surface area contributed by atoms with Crippen molar-refractivity contribution in [2.24, 2.45) is 5.41 Å². The molecule has 0 fully saturated rings. The molecular formula is C14H17NO. The minimum absolute atomic E-state index is 0.169. The van der Waals surface area contributed by atoms with Crippen LogP contribution in [0.25, 0.3) is 4.85 Å². The topological polar surface area (TPSA) is 21.4 Å². The Bertz CT molecular complexity index is 447. The van der Waals surface area contributed by atoms with E-state index in [-0.39, 0.29) is 11.2 Å². The lowest BCUT2D eigenvalue weighted by Gasteiger charge is -2.17. The lowest BCUT2D eigenvalue weighted by Crippen LogP contribution is -2.22. The van der Waals surface area contributed by atoms with Crippen LogP contribution in [-0.2, 0) is 11.2 Å². The molecule has 1 rings (SSSR count). The van der Waals surface area contributed by atoms with Crippen molar-refractivity contribution >= 4 is 11.5 Å². The second-order valence-corrected chi connectivity index (χ2v) is 5.04. The van der Waals surface area contributed by atoms with Crippen molar-refractivity contribution in [2.45, 2.75) is 34.1 Å². The number of carbonyl (C=O) groups is 1. The van der Waals surface area contributed by atoms with E-state index in [1.54, 1.807) is 0 Å². The first-order valence-corrected chi connectivity index (χ1v) is 5.35. The third-order valence-corrected chi connectivity index (χ3v) is 2.62. The minimum Gasteiger partial charge on any atom is -0.299 e. The van der Waals surface area contributed by atoms with Crippen LogP contribution in [0.1, 0.15) is 31.9 Å². The van der Waals surface area contributed by atoms with Crippen LogP contribution >= 0.6 is 0 Å². The predicted octanol–water partition coefficient (Wildman–Crippen LogP) is 3.70. The standard InChI is InChI=1S/C14H17NO/c1-10-7-6-8-11(13(10)15-5)9-12(16)14(2,3)4/h6-8H,9H2,1-4H3. The van der Waals surface area contributed by atoms with Gasteiger partial charge in [-0.2, -0.15) is 0 Å². The number of hydrogen-bond acceptors (Lipinski definition) is 1. The number of hydrogen-bond donors (Lipinski definition) is 0. The first kappa shape index (κ1) is 12.4. The van der Waals surface area contributed by atoms with Gasteiger partial charge in [-0.1, -0.05) is 39.0 Å². The van der Waals surface area contributed by atoms with Crippen molar-refractivity contribution in [1.29, 1.82) is 0 Å². The highest BCUT2D eigenvalue weighted by molar-refractivity contribution is 5.87. The van der Waals surface area contributed by atoms with Crippen molar-refractivity contribution < 1.29 is 4.79 Å². The summed E-state index contributed by atoms with van der Waals surface area (Å²) in [5.41, 5.74) is 2.06. The molecule has 1 aromatic carbocycles. The Hall–Kier alpha value is -1.62. The highest BCUT2D eigenvalue weighted by Crippen LogP contribution is 2.27. The summed E-state index contributed by atoms with van der Waals surface area (Å²) < 4.78 is 0. The maximum atomic E-state index is 11.9. The second-order valence-electron chi connectivity index (χ2n) is 5.04. The third-order valence-electron chi connectivity index (χ3n) is 2.62. The fourth-order valence-corrected chi connectivity index (χ4v) is 1.46. The van der Waals surface area contributed by atoms with Crippen LogP contribution in [-0.4, -0.2) is 5.78 Å². The predicted molar refractivity (Wildman–Crippen MR) is 65.6 cm³/mol. The van der Waals surface area contributed by atoms with Crippen molar-refractivity contribution in [3.05, 3.63) is 40.7 Å². The highest BCUT2D eigenvalue weighted by Gasteiger charge is 2.22. The van der Waals surface area contributed by atoms with Crippen LogP contribution in [0.15, 0.2) is 18.2 Å². The lowest BCUT2D eigenvalue weighted by molar-refractivity contribution is -0.125. The number of Topliss-reactive ketones (excluding diaryl/α,β-unsaturated/α-hetero) is 1. The number of benzene rings is 1. The molecule has 0 aliphatic carbocycles. The molecule has 0 amide bonds. The molecule has 0 heterocycles. The van der Waals surface area contributed by atoms with Gasteiger partial charge in [0.25, 0.3) is 0 Å². The number of nitrogens with zero attached hydrogens (tertiary/aromatic N) is 1. The van der Waals surface area contributed by atoms with Gasteiger partial charge < -0.3 is 0 Å². The first-order chi connectivity index (χ1) is 7.36. The molecule has 0 spiro atoms. The zero-order valence-corrected chi connectivity index (χ0v) is 10.3. The summed E-state index contributed by atoms with van der Waals surface area (Å²) in [6.45, 7) is 14.8. The van der Waals surface area contributed by atoms with Gasteiger partial charge in [-0.25, -0.2) is 4.85 Å². The van der Waals surface area contributed by atoms with E-state index in [2.05, 4.69) is 4.85 Å². The van der Waals surface area contributed by atoms with Crippen LogP contribution in [0, 0.1) is 18.9 Å². The summed E-state index contributed by atoms with van der Waals surface area (Å²) in [6.07, 6.45) is 0.350. The fourth-order valence-electron chi connectivity index (χ4n) is 1.46. The van der Waals surface area contributed by atoms with Gasteiger partial charge in [0.1, 0.15) is 5.78 Å². The summed E-state index contributed by atoms with van der Waals surface area (Å²) in [5, 5.41) is 0. The Balaban J connectivity index is 3.04. The maximum absolute atomic E-state index is 11.9. The lowest BCUT2D eigenvalue weighted by atomic mass is 9.86. The van der Waals surface area contributed by atoms with Crippen LogP contribution in [0.3, 0.4) is 0 Å². The van der Waals surface area contributed by atoms with Gasteiger partial charge in [-0.15, -0.1) is 0 Å². The summed E-state index contributed by atoms with van der Waals surface area (Å²) in [6, 6.07) is 5.66. The van der Waals surface area contributed by atoms with E-state index in [0.29, 0.717) is 12.1 Å². The van der Waals surface area contributed by atoms with Crippen molar-refractivity contribution in [3.63, 3.8) is 0 Å². The molecule has 84 valence electrons. The van der Waals surface area contributed by atoms with Crippen LogP contribution < -0.4 is 0 Å². The van der Waals surface area contributed by atoms with Gasteiger partial charge in [0, 0.05) is 11.8 Å². The smallest absolute Gasteiger partial charge is 0.193 e. The van der Waals surface area contributed by atoms with Crippen LogP contribution in [0.5, 0.6) is 0 Å². The van der Waals surface area contributed by atoms with Crippen LogP contribution in [0.2, 0.25) is 0 Å². The SMILES string of the molecule is [C-]#[N+]c1c(C)cccc1CC(=O)C(C)(C)C. The Morgan fingerprint density at radius 1 is 1.38 bits per heavy atom. The zero-order chi connectivity index (χ0) is 12.3. The largest absolute Gasteiger partial charge is 0.299 e. The van der Waals surface area contributed by atoms with Gasteiger partial charge >= 0.3 is 0 Å². The summed E-state index contributed by atoms with van der Waals surface area (Å²) in [7, 11) is 0.